The number of hydrogen-bond donors (Lipinski definition) is 1. The van der Waals surface area contributed by atoms with Crippen LogP contribution >= 0.6 is 0 Å². The molecule has 0 amide bonds. The fourth-order valence-corrected chi connectivity index (χ4v) is 2.11. The van der Waals surface area contributed by atoms with Crippen molar-refractivity contribution in [2.24, 2.45) is 0 Å². The molecule has 0 fully saturated rings. The van der Waals surface area contributed by atoms with Gasteiger partial charge in [0, 0.05) is 6.54 Å². The third-order valence-corrected chi connectivity index (χ3v) is 3.02. The second-order valence-electron chi connectivity index (χ2n) is 5.51. The van der Waals surface area contributed by atoms with Gasteiger partial charge in [0.25, 0.3) is 5.56 Å². The van der Waals surface area contributed by atoms with E-state index in [1.807, 2.05) is 24.0 Å². The number of rotatable bonds is 5. The van der Waals surface area contributed by atoms with Gasteiger partial charge in [-0.05, 0) is 32.5 Å². The molecule has 20 heavy (non-hydrogen) atoms. The molecule has 0 bridgehead atoms. The summed E-state index contributed by atoms with van der Waals surface area (Å²) in [5, 5.41) is 18.4. The zero-order chi connectivity index (χ0) is 14.8. The molecular formula is C14H20N4O2. The van der Waals surface area contributed by atoms with Crippen molar-refractivity contribution in [3.8, 4) is 0 Å². The standard InChI is InChI=1S/C14H20N4O2/c1-4-17(9-14(2,3)20)10-18-13(19)11-7-5-6-8-12(11)15-16-18/h5-8,20H,4,9-10H2,1-3H3. The van der Waals surface area contributed by atoms with E-state index in [-0.39, 0.29) is 5.56 Å². The van der Waals surface area contributed by atoms with E-state index in [1.54, 1.807) is 26.0 Å². The predicted octanol–water partition coefficient (Wildman–Crippen LogP) is 0.842. The van der Waals surface area contributed by atoms with Gasteiger partial charge < -0.3 is 5.11 Å². The summed E-state index contributed by atoms with van der Waals surface area (Å²) in [5.74, 6) is 0. The van der Waals surface area contributed by atoms with Gasteiger partial charge in [-0.3, -0.25) is 9.69 Å². The van der Waals surface area contributed by atoms with Crippen LogP contribution in [0.15, 0.2) is 29.1 Å². The van der Waals surface area contributed by atoms with Crippen molar-refractivity contribution >= 4 is 10.9 Å². The third-order valence-electron chi connectivity index (χ3n) is 3.02. The highest BCUT2D eigenvalue weighted by Gasteiger charge is 2.18. The molecule has 0 radical (unpaired) electrons. The number of aliphatic hydroxyl groups is 1. The van der Waals surface area contributed by atoms with Crippen LogP contribution in [0, 0.1) is 0 Å². The van der Waals surface area contributed by atoms with E-state index >= 15 is 0 Å². The van der Waals surface area contributed by atoms with E-state index in [0.29, 0.717) is 30.7 Å². The van der Waals surface area contributed by atoms with Crippen molar-refractivity contribution < 1.29 is 5.11 Å². The minimum absolute atomic E-state index is 0.162. The van der Waals surface area contributed by atoms with Gasteiger partial charge in [-0.2, -0.15) is 4.68 Å². The zero-order valence-electron chi connectivity index (χ0n) is 12.1. The number of nitrogens with zero attached hydrogens (tertiary/aromatic N) is 4. The van der Waals surface area contributed by atoms with Gasteiger partial charge in [0.15, 0.2) is 0 Å². The molecule has 6 nitrogen and oxygen atoms in total. The second-order valence-corrected chi connectivity index (χ2v) is 5.51. The molecule has 1 aromatic carbocycles. The first kappa shape index (κ1) is 14.6. The lowest BCUT2D eigenvalue weighted by Crippen LogP contribution is -2.42. The molecule has 2 rings (SSSR count). The summed E-state index contributed by atoms with van der Waals surface area (Å²) in [5.41, 5.74) is -0.381. The maximum Gasteiger partial charge on any atom is 0.278 e. The summed E-state index contributed by atoms with van der Waals surface area (Å²) in [4.78, 5) is 14.3. The smallest absolute Gasteiger partial charge is 0.278 e. The van der Waals surface area contributed by atoms with Crippen LogP contribution in [0.5, 0.6) is 0 Å². The Kier molecular flexibility index (Phi) is 4.15. The highest BCUT2D eigenvalue weighted by atomic mass is 16.3. The number of likely N-dealkylation sites (N-methyl/N-ethyl adjacent to an activating group) is 1. The lowest BCUT2D eigenvalue weighted by atomic mass is 10.1. The molecule has 0 saturated heterocycles. The molecule has 0 aliphatic heterocycles. The minimum Gasteiger partial charge on any atom is -0.389 e. The summed E-state index contributed by atoms with van der Waals surface area (Å²) < 4.78 is 1.33. The van der Waals surface area contributed by atoms with Crippen LogP contribution in [-0.4, -0.2) is 43.7 Å². The first-order valence-corrected chi connectivity index (χ1v) is 6.68. The van der Waals surface area contributed by atoms with E-state index in [4.69, 9.17) is 0 Å². The Morgan fingerprint density at radius 3 is 2.70 bits per heavy atom. The summed E-state index contributed by atoms with van der Waals surface area (Å²) in [6.45, 7) is 6.95. The Labute approximate surface area is 117 Å². The van der Waals surface area contributed by atoms with Crippen molar-refractivity contribution in [1.82, 2.24) is 19.9 Å². The Morgan fingerprint density at radius 1 is 1.35 bits per heavy atom. The summed E-state index contributed by atoms with van der Waals surface area (Å²) in [6.07, 6.45) is 0. The molecule has 2 aromatic rings. The fourth-order valence-electron chi connectivity index (χ4n) is 2.11. The molecule has 0 spiro atoms. The van der Waals surface area contributed by atoms with Gasteiger partial charge in [0.2, 0.25) is 0 Å². The summed E-state index contributed by atoms with van der Waals surface area (Å²) in [6, 6.07) is 7.15. The van der Waals surface area contributed by atoms with Crippen molar-refractivity contribution in [1.29, 1.82) is 0 Å². The van der Waals surface area contributed by atoms with E-state index in [1.165, 1.54) is 4.68 Å². The Morgan fingerprint density at radius 2 is 2.05 bits per heavy atom. The molecular weight excluding hydrogens is 256 g/mol. The Hall–Kier alpha value is -1.79. The average Bonchev–Trinajstić information content (AvgIpc) is 2.40. The van der Waals surface area contributed by atoms with E-state index in [9.17, 15) is 9.90 Å². The molecule has 6 heteroatoms. The lowest BCUT2D eigenvalue weighted by Gasteiger charge is -2.27. The normalized spacial score (nSPS) is 12.2. The molecule has 0 atom stereocenters. The van der Waals surface area contributed by atoms with Gasteiger partial charge in [0.05, 0.1) is 17.7 Å². The van der Waals surface area contributed by atoms with Gasteiger partial charge in [-0.1, -0.05) is 24.3 Å². The summed E-state index contributed by atoms with van der Waals surface area (Å²) in [7, 11) is 0. The largest absolute Gasteiger partial charge is 0.389 e. The third kappa shape index (κ3) is 3.40. The average molecular weight is 276 g/mol. The highest BCUT2D eigenvalue weighted by Crippen LogP contribution is 2.06. The summed E-state index contributed by atoms with van der Waals surface area (Å²) >= 11 is 0. The van der Waals surface area contributed by atoms with Crippen LogP contribution in [0.2, 0.25) is 0 Å². The van der Waals surface area contributed by atoms with Crippen molar-refractivity contribution in [3.63, 3.8) is 0 Å². The van der Waals surface area contributed by atoms with Crippen molar-refractivity contribution in [3.05, 3.63) is 34.6 Å². The van der Waals surface area contributed by atoms with Crippen LogP contribution in [-0.2, 0) is 6.67 Å². The fraction of sp³-hybridized carbons (Fsp3) is 0.500. The number of hydrogen-bond acceptors (Lipinski definition) is 5. The Bertz CT molecular complexity index is 645. The van der Waals surface area contributed by atoms with Crippen LogP contribution in [0.25, 0.3) is 10.9 Å². The second kappa shape index (κ2) is 5.68. The first-order valence-electron chi connectivity index (χ1n) is 6.68. The first-order chi connectivity index (χ1) is 9.40. The van der Waals surface area contributed by atoms with E-state index < -0.39 is 5.60 Å². The maximum atomic E-state index is 12.3. The minimum atomic E-state index is -0.816. The molecule has 0 aliphatic rings. The van der Waals surface area contributed by atoms with Gasteiger partial charge in [-0.15, -0.1) is 5.10 Å². The molecule has 1 N–H and O–H groups in total. The van der Waals surface area contributed by atoms with Crippen LogP contribution < -0.4 is 5.56 Å². The van der Waals surface area contributed by atoms with Crippen molar-refractivity contribution in [2.75, 3.05) is 13.1 Å². The van der Waals surface area contributed by atoms with E-state index in [0.717, 1.165) is 0 Å². The number of fused-ring (bicyclic) bond motifs is 1. The maximum absolute atomic E-state index is 12.3. The van der Waals surface area contributed by atoms with Crippen LogP contribution in [0.1, 0.15) is 20.8 Å². The number of benzene rings is 1. The van der Waals surface area contributed by atoms with Gasteiger partial charge in [-0.25, -0.2) is 0 Å². The van der Waals surface area contributed by atoms with Crippen LogP contribution in [0.3, 0.4) is 0 Å². The molecule has 1 aromatic heterocycles. The molecule has 0 saturated carbocycles. The van der Waals surface area contributed by atoms with Gasteiger partial charge in [0.1, 0.15) is 5.52 Å². The highest BCUT2D eigenvalue weighted by molar-refractivity contribution is 5.76. The predicted molar refractivity (Wildman–Crippen MR) is 77.3 cm³/mol. The zero-order valence-corrected chi connectivity index (χ0v) is 12.1. The molecule has 108 valence electrons. The molecule has 1 heterocycles. The number of aromatic nitrogens is 3. The topological polar surface area (TPSA) is 71.2 Å². The molecule has 0 unspecified atom stereocenters. The van der Waals surface area contributed by atoms with Crippen molar-refractivity contribution in [2.45, 2.75) is 33.0 Å². The Balaban J connectivity index is 2.29. The van der Waals surface area contributed by atoms with E-state index in [2.05, 4.69) is 10.3 Å². The van der Waals surface area contributed by atoms with Gasteiger partial charge >= 0.3 is 0 Å². The monoisotopic (exact) mass is 276 g/mol. The molecule has 0 aliphatic carbocycles. The lowest BCUT2D eigenvalue weighted by molar-refractivity contribution is 0.0250. The SMILES string of the molecule is CCN(Cn1nnc2ccccc2c1=O)CC(C)(C)O. The van der Waals surface area contributed by atoms with Crippen LogP contribution in [0.4, 0.5) is 0 Å². The quantitative estimate of drug-likeness (QED) is 0.876.